The highest BCUT2D eigenvalue weighted by Crippen LogP contribution is 2.16. The van der Waals surface area contributed by atoms with Gasteiger partial charge in [0.1, 0.15) is 17.5 Å². The Morgan fingerprint density at radius 3 is 2.35 bits per heavy atom. The van der Waals surface area contributed by atoms with Crippen LogP contribution in [0.1, 0.15) is 32.5 Å². The number of aryl methyl sites for hydroxylation is 1. The Bertz CT molecular complexity index is 364. The van der Waals surface area contributed by atoms with Crippen molar-refractivity contribution in [3.63, 3.8) is 0 Å². The Morgan fingerprint density at radius 2 is 1.82 bits per heavy atom. The molecule has 17 heavy (non-hydrogen) atoms. The highest BCUT2D eigenvalue weighted by Gasteiger charge is 2.21. The van der Waals surface area contributed by atoms with E-state index in [2.05, 4.69) is 20.6 Å². The zero-order valence-corrected chi connectivity index (χ0v) is 11.0. The summed E-state index contributed by atoms with van der Waals surface area (Å²) in [6.45, 7) is 6.31. The number of anilines is 2. The van der Waals surface area contributed by atoms with E-state index >= 15 is 0 Å². The minimum Gasteiger partial charge on any atom is -0.388 e. The first-order valence-corrected chi connectivity index (χ1v) is 6.02. The summed E-state index contributed by atoms with van der Waals surface area (Å²) < 4.78 is 0. The lowest BCUT2D eigenvalue weighted by Crippen LogP contribution is -2.35. The van der Waals surface area contributed by atoms with Gasteiger partial charge in [-0.25, -0.2) is 9.97 Å². The van der Waals surface area contributed by atoms with E-state index < -0.39 is 5.60 Å². The largest absolute Gasteiger partial charge is 0.388 e. The van der Waals surface area contributed by atoms with Crippen LogP contribution >= 0.6 is 0 Å². The van der Waals surface area contributed by atoms with Crippen LogP contribution in [0.3, 0.4) is 0 Å². The van der Waals surface area contributed by atoms with Gasteiger partial charge in [-0.1, -0.05) is 13.8 Å². The van der Waals surface area contributed by atoms with Crippen molar-refractivity contribution >= 4 is 11.6 Å². The van der Waals surface area contributed by atoms with E-state index in [4.69, 9.17) is 0 Å². The first-order chi connectivity index (χ1) is 8.03. The monoisotopic (exact) mass is 238 g/mol. The molecular weight excluding hydrogens is 216 g/mol. The van der Waals surface area contributed by atoms with Crippen LogP contribution < -0.4 is 10.6 Å². The third-order valence-electron chi connectivity index (χ3n) is 3.01. The molecule has 0 saturated heterocycles. The summed E-state index contributed by atoms with van der Waals surface area (Å²) in [5, 5.41) is 16.3. The number of rotatable bonds is 6. The first kappa shape index (κ1) is 13.7. The molecule has 0 fully saturated rings. The molecule has 3 N–H and O–H groups in total. The number of aliphatic hydroxyl groups is 1. The second kappa shape index (κ2) is 5.82. The summed E-state index contributed by atoms with van der Waals surface area (Å²) in [6.07, 6.45) is 1.44. The quantitative estimate of drug-likeness (QED) is 0.705. The number of hydrogen-bond acceptors (Lipinski definition) is 5. The normalized spacial score (nSPS) is 11.4. The molecular formula is C12H22N4O. The molecule has 1 aromatic rings. The van der Waals surface area contributed by atoms with Crippen molar-refractivity contribution in [2.75, 3.05) is 24.2 Å². The molecule has 0 amide bonds. The van der Waals surface area contributed by atoms with Gasteiger partial charge in [-0.05, 0) is 19.8 Å². The summed E-state index contributed by atoms with van der Waals surface area (Å²) in [5.74, 6) is 2.22. The van der Waals surface area contributed by atoms with Crippen LogP contribution in [0.5, 0.6) is 0 Å². The molecule has 0 radical (unpaired) electrons. The predicted octanol–water partition coefficient (Wildman–Crippen LogP) is 1.79. The van der Waals surface area contributed by atoms with Gasteiger partial charge in [0.25, 0.3) is 0 Å². The van der Waals surface area contributed by atoms with Gasteiger partial charge in [0.15, 0.2) is 0 Å². The van der Waals surface area contributed by atoms with Crippen molar-refractivity contribution in [1.29, 1.82) is 0 Å². The summed E-state index contributed by atoms with van der Waals surface area (Å²) in [6, 6.07) is 1.83. The topological polar surface area (TPSA) is 70.1 Å². The molecule has 5 heteroatoms. The van der Waals surface area contributed by atoms with Gasteiger partial charge >= 0.3 is 0 Å². The second-order valence-electron chi connectivity index (χ2n) is 4.22. The summed E-state index contributed by atoms with van der Waals surface area (Å²) in [7, 11) is 1.82. The van der Waals surface area contributed by atoms with Gasteiger partial charge in [0, 0.05) is 19.7 Å². The zero-order chi connectivity index (χ0) is 12.9. The van der Waals surface area contributed by atoms with Gasteiger partial charge in [-0.15, -0.1) is 0 Å². The van der Waals surface area contributed by atoms with Crippen molar-refractivity contribution in [3.8, 4) is 0 Å². The van der Waals surface area contributed by atoms with Gasteiger partial charge in [0.05, 0.1) is 5.60 Å². The molecule has 1 heterocycles. The van der Waals surface area contributed by atoms with E-state index in [0.29, 0.717) is 12.4 Å². The minimum atomic E-state index is -0.668. The molecule has 1 rings (SSSR count). The Balaban J connectivity index is 2.72. The third kappa shape index (κ3) is 3.85. The van der Waals surface area contributed by atoms with E-state index in [1.165, 1.54) is 0 Å². The lowest BCUT2D eigenvalue weighted by atomic mass is 9.98. The molecule has 5 nitrogen and oxygen atoms in total. The Labute approximate surface area is 103 Å². The van der Waals surface area contributed by atoms with Crippen LogP contribution in [-0.4, -0.2) is 34.3 Å². The van der Waals surface area contributed by atoms with Gasteiger partial charge in [0.2, 0.25) is 0 Å². The Morgan fingerprint density at radius 1 is 1.24 bits per heavy atom. The van der Waals surface area contributed by atoms with Crippen LogP contribution in [0.15, 0.2) is 6.07 Å². The number of hydrogen-bond donors (Lipinski definition) is 3. The molecule has 0 unspecified atom stereocenters. The molecule has 0 bridgehead atoms. The van der Waals surface area contributed by atoms with E-state index in [1.54, 1.807) is 0 Å². The molecule has 0 saturated carbocycles. The first-order valence-electron chi connectivity index (χ1n) is 6.02. The third-order valence-corrected chi connectivity index (χ3v) is 3.01. The fraction of sp³-hybridized carbons (Fsp3) is 0.667. The lowest BCUT2D eigenvalue weighted by molar-refractivity contribution is 0.0456. The SMILES string of the molecule is CCC(O)(CC)CNc1cc(NC)nc(C)n1. The van der Waals surface area contributed by atoms with Crippen molar-refractivity contribution in [3.05, 3.63) is 11.9 Å². The molecule has 1 aromatic heterocycles. The Kier molecular flexibility index (Phi) is 4.69. The fourth-order valence-corrected chi connectivity index (χ4v) is 1.54. The predicted molar refractivity (Wildman–Crippen MR) is 70.3 cm³/mol. The van der Waals surface area contributed by atoms with Gasteiger partial charge in [-0.3, -0.25) is 0 Å². The smallest absolute Gasteiger partial charge is 0.131 e. The second-order valence-corrected chi connectivity index (χ2v) is 4.22. The van der Waals surface area contributed by atoms with E-state index in [-0.39, 0.29) is 0 Å². The standard InChI is InChI=1S/C12H22N4O/c1-5-12(17,6-2)8-14-11-7-10(13-4)15-9(3)16-11/h7,17H,5-6,8H2,1-4H3,(H2,13,14,15,16). The average molecular weight is 238 g/mol. The number of nitrogens with one attached hydrogen (secondary N) is 2. The maximum atomic E-state index is 10.2. The highest BCUT2D eigenvalue weighted by molar-refractivity contribution is 5.47. The average Bonchev–Trinajstić information content (AvgIpc) is 2.35. The molecule has 0 aliphatic rings. The molecule has 0 aliphatic heterocycles. The zero-order valence-electron chi connectivity index (χ0n) is 11.0. The molecule has 96 valence electrons. The van der Waals surface area contributed by atoms with Crippen LogP contribution in [0.25, 0.3) is 0 Å². The van der Waals surface area contributed by atoms with Gasteiger partial charge in [-0.2, -0.15) is 0 Å². The lowest BCUT2D eigenvalue weighted by Gasteiger charge is -2.25. The maximum absolute atomic E-state index is 10.2. The number of nitrogens with zero attached hydrogens (tertiary/aromatic N) is 2. The fourth-order valence-electron chi connectivity index (χ4n) is 1.54. The van der Waals surface area contributed by atoms with Crippen LogP contribution in [0.4, 0.5) is 11.6 Å². The highest BCUT2D eigenvalue weighted by atomic mass is 16.3. The van der Waals surface area contributed by atoms with Gasteiger partial charge < -0.3 is 15.7 Å². The number of aromatic nitrogens is 2. The van der Waals surface area contributed by atoms with Crippen LogP contribution in [0, 0.1) is 6.92 Å². The Hall–Kier alpha value is -1.36. The van der Waals surface area contributed by atoms with Crippen molar-refractivity contribution < 1.29 is 5.11 Å². The molecule has 0 atom stereocenters. The maximum Gasteiger partial charge on any atom is 0.131 e. The van der Waals surface area contributed by atoms with E-state index in [9.17, 15) is 5.11 Å². The molecule has 0 aliphatic carbocycles. The summed E-state index contributed by atoms with van der Waals surface area (Å²) >= 11 is 0. The van der Waals surface area contributed by atoms with E-state index in [1.807, 2.05) is 33.9 Å². The van der Waals surface area contributed by atoms with E-state index in [0.717, 1.165) is 24.5 Å². The van der Waals surface area contributed by atoms with Crippen molar-refractivity contribution in [2.24, 2.45) is 0 Å². The molecule has 0 aromatic carbocycles. The summed E-state index contributed by atoms with van der Waals surface area (Å²) in [4.78, 5) is 8.49. The molecule has 0 spiro atoms. The minimum absolute atomic E-state index is 0.500. The summed E-state index contributed by atoms with van der Waals surface area (Å²) in [5.41, 5.74) is -0.668. The van der Waals surface area contributed by atoms with Crippen molar-refractivity contribution in [1.82, 2.24) is 9.97 Å². The van der Waals surface area contributed by atoms with Crippen molar-refractivity contribution in [2.45, 2.75) is 39.2 Å². The van der Waals surface area contributed by atoms with Crippen LogP contribution in [0.2, 0.25) is 0 Å². The van der Waals surface area contributed by atoms with Crippen LogP contribution in [-0.2, 0) is 0 Å².